The normalized spacial score (nSPS) is 18.6. The van der Waals surface area contributed by atoms with E-state index in [0.29, 0.717) is 25.9 Å². The molecule has 24 heavy (non-hydrogen) atoms. The molecule has 1 aliphatic heterocycles. The van der Waals surface area contributed by atoms with Gasteiger partial charge < -0.3 is 5.32 Å². The summed E-state index contributed by atoms with van der Waals surface area (Å²) in [4.78, 5) is 16.8. The number of carbonyl (C=O) groups is 1. The van der Waals surface area contributed by atoms with Gasteiger partial charge in [-0.25, -0.2) is 13.4 Å². The zero-order valence-electron chi connectivity index (χ0n) is 13.3. The average molecular weight is 365 g/mol. The van der Waals surface area contributed by atoms with Gasteiger partial charge in [0.05, 0.1) is 22.6 Å². The van der Waals surface area contributed by atoms with Crippen molar-refractivity contribution in [1.29, 1.82) is 0 Å². The molecule has 6 nitrogen and oxygen atoms in total. The van der Waals surface area contributed by atoms with Crippen LogP contribution in [-0.2, 0) is 21.4 Å². The minimum absolute atomic E-state index is 0.229. The SMILES string of the molecule is Cc1ccc(S(=O)(=O)N2CCCC2C(=O)NCc2cscn2)cc1. The summed E-state index contributed by atoms with van der Waals surface area (Å²) in [6.07, 6.45) is 1.22. The van der Waals surface area contributed by atoms with Gasteiger partial charge in [0.15, 0.2) is 0 Å². The van der Waals surface area contributed by atoms with Gasteiger partial charge in [0.1, 0.15) is 6.04 Å². The molecule has 2 aromatic rings. The highest BCUT2D eigenvalue weighted by Gasteiger charge is 2.39. The highest BCUT2D eigenvalue weighted by atomic mass is 32.2. The Morgan fingerprint density at radius 2 is 2.12 bits per heavy atom. The maximum absolute atomic E-state index is 12.8. The molecule has 1 aliphatic rings. The Bertz CT molecular complexity index is 802. The number of thiazole rings is 1. The first kappa shape index (κ1) is 17.1. The standard InChI is InChI=1S/C16H19N3O3S2/c1-12-4-6-14(7-5-12)24(21,22)19-8-2-3-15(19)16(20)17-9-13-10-23-11-18-13/h4-7,10-11,15H,2-3,8-9H2,1H3,(H,17,20). The molecule has 1 aromatic heterocycles. The number of benzene rings is 1. The fourth-order valence-corrected chi connectivity index (χ4v) is 4.97. The Morgan fingerprint density at radius 1 is 1.38 bits per heavy atom. The molecule has 0 radical (unpaired) electrons. The van der Waals surface area contributed by atoms with E-state index in [1.54, 1.807) is 29.8 Å². The maximum Gasteiger partial charge on any atom is 0.243 e. The van der Waals surface area contributed by atoms with Crippen LogP contribution >= 0.6 is 11.3 Å². The van der Waals surface area contributed by atoms with Crippen LogP contribution in [0, 0.1) is 6.92 Å². The van der Waals surface area contributed by atoms with E-state index in [9.17, 15) is 13.2 Å². The minimum atomic E-state index is -3.66. The van der Waals surface area contributed by atoms with E-state index in [4.69, 9.17) is 0 Å². The largest absolute Gasteiger partial charge is 0.349 e. The third-order valence-corrected chi connectivity index (χ3v) is 6.62. The predicted octanol–water partition coefficient (Wildman–Crippen LogP) is 1.92. The summed E-state index contributed by atoms with van der Waals surface area (Å²) in [7, 11) is -3.66. The van der Waals surface area contributed by atoms with Crippen LogP contribution in [0.3, 0.4) is 0 Å². The second kappa shape index (κ2) is 7.00. The van der Waals surface area contributed by atoms with E-state index in [2.05, 4.69) is 10.3 Å². The number of carbonyl (C=O) groups excluding carboxylic acids is 1. The smallest absolute Gasteiger partial charge is 0.243 e. The molecule has 0 aliphatic carbocycles. The molecular formula is C16H19N3O3S2. The molecular weight excluding hydrogens is 346 g/mol. The van der Waals surface area contributed by atoms with Gasteiger partial charge in [-0.2, -0.15) is 4.31 Å². The molecule has 3 rings (SSSR count). The lowest BCUT2D eigenvalue weighted by atomic mass is 10.2. The van der Waals surface area contributed by atoms with Gasteiger partial charge >= 0.3 is 0 Å². The van der Waals surface area contributed by atoms with Crippen LogP contribution < -0.4 is 5.32 Å². The Morgan fingerprint density at radius 3 is 2.79 bits per heavy atom. The minimum Gasteiger partial charge on any atom is -0.349 e. The summed E-state index contributed by atoms with van der Waals surface area (Å²) in [5, 5.41) is 4.65. The lowest BCUT2D eigenvalue weighted by Gasteiger charge is -2.23. The van der Waals surface area contributed by atoms with Crippen molar-refractivity contribution in [1.82, 2.24) is 14.6 Å². The molecule has 1 saturated heterocycles. The summed E-state index contributed by atoms with van der Waals surface area (Å²) < 4.78 is 27.0. The number of hydrogen-bond donors (Lipinski definition) is 1. The zero-order valence-corrected chi connectivity index (χ0v) is 14.9. The van der Waals surface area contributed by atoms with E-state index in [1.165, 1.54) is 15.6 Å². The average Bonchev–Trinajstić information content (AvgIpc) is 3.24. The number of amides is 1. The molecule has 0 bridgehead atoms. The predicted molar refractivity (Wildman–Crippen MR) is 92.1 cm³/mol. The number of aromatic nitrogens is 1. The fraction of sp³-hybridized carbons (Fsp3) is 0.375. The topological polar surface area (TPSA) is 79.4 Å². The number of sulfonamides is 1. The van der Waals surface area contributed by atoms with Gasteiger partial charge in [-0.3, -0.25) is 4.79 Å². The first-order valence-electron chi connectivity index (χ1n) is 7.72. The van der Waals surface area contributed by atoms with Crippen molar-refractivity contribution >= 4 is 27.3 Å². The molecule has 0 spiro atoms. The molecule has 1 unspecified atom stereocenters. The molecule has 1 aromatic carbocycles. The second-order valence-corrected chi connectivity index (χ2v) is 8.39. The van der Waals surface area contributed by atoms with Crippen molar-refractivity contribution in [3.05, 3.63) is 46.4 Å². The highest BCUT2D eigenvalue weighted by molar-refractivity contribution is 7.89. The van der Waals surface area contributed by atoms with Gasteiger partial charge in [0, 0.05) is 11.9 Å². The van der Waals surface area contributed by atoms with Gasteiger partial charge in [-0.15, -0.1) is 11.3 Å². The van der Waals surface area contributed by atoms with Crippen molar-refractivity contribution in [2.45, 2.75) is 37.2 Å². The Balaban J connectivity index is 1.74. The maximum atomic E-state index is 12.8. The summed E-state index contributed by atoms with van der Waals surface area (Å²) >= 11 is 1.46. The van der Waals surface area contributed by atoms with E-state index < -0.39 is 16.1 Å². The summed E-state index contributed by atoms with van der Waals surface area (Å²) in [6, 6.07) is 6.05. The van der Waals surface area contributed by atoms with Gasteiger partial charge in [0.2, 0.25) is 15.9 Å². The summed E-state index contributed by atoms with van der Waals surface area (Å²) in [6.45, 7) is 2.59. The zero-order chi connectivity index (χ0) is 17.2. The molecule has 2 heterocycles. The van der Waals surface area contributed by atoms with Crippen molar-refractivity contribution in [3.8, 4) is 0 Å². The first-order valence-corrected chi connectivity index (χ1v) is 10.1. The monoisotopic (exact) mass is 365 g/mol. The third-order valence-electron chi connectivity index (χ3n) is 4.06. The molecule has 128 valence electrons. The number of aryl methyl sites for hydroxylation is 1. The van der Waals surface area contributed by atoms with Crippen LogP contribution in [0.1, 0.15) is 24.1 Å². The number of rotatable bonds is 5. The first-order chi connectivity index (χ1) is 11.5. The van der Waals surface area contributed by atoms with Crippen LogP contribution in [0.15, 0.2) is 40.1 Å². The summed E-state index contributed by atoms with van der Waals surface area (Å²) in [5.41, 5.74) is 3.47. The molecule has 0 saturated carbocycles. The lowest BCUT2D eigenvalue weighted by molar-refractivity contribution is -0.124. The van der Waals surface area contributed by atoms with E-state index >= 15 is 0 Å². The fourth-order valence-electron chi connectivity index (χ4n) is 2.76. The van der Waals surface area contributed by atoms with Gasteiger partial charge in [-0.1, -0.05) is 17.7 Å². The third kappa shape index (κ3) is 3.50. The van der Waals surface area contributed by atoms with E-state index in [0.717, 1.165) is 11.3 Å². The number of nitrogens with zero attached hydrogens (tertiary/aromatic N) is 2. The summed E-state index contributed by atoms with van der Waals surface area (Å²) in [5.74, 6) is -0.267. The molecule has 1 fully saturated rings. The molecule has 1 N–H and O–H groups in total. The van der Waals surface area contributed by atoms with Crippen molar-refractivity contribution in [2.24, 2.45) is 0 Å². The van der Waals surface area contributed by atoms with E-state index in [1.807, 2.05) is 12.3 Å². The molecule has 1 atom stereocenters. The van der Waals surface area contributed by atoms with Crippen molar-refractivity contribution < 1.29 is 13.2 Å². The van der Waals surface area contributed by atoms with Crippen LogP contribution in [-0.4, -0.2) is 36.2 Å². The Kier molecular flexibility index (Phi) is 4.98. The van der Waals surface area contributed by atoms with Crippen LogP contribution in [0.25, 0.3) is 0 Å². The van der Waals surface area contributed by atoms with Crippen LogP contribution in [0.4, 0.5) is 0 Å². The van der Waals surface area contributed by atoms with Crippen molar-refractivity contribution in [3.63, 3.8) is 0 Å². The second-order valence-electron chi connectivity index (χ2n) is 5.78. The molecule has 8 heteroatoms. The lowest BCUT2D eigenvalue weighted by Crippen LogP contribution is -2.45. The molecule has 1 amide bonds. The Hall–Kier alpha value is -1.77. The van der Waals surface area contributed by atoms with Crippen LogP contribution in [0.2, 0.25) is 0 Å². The van der Waals surface area contributed by atoms with Crippen LogP contribution in [0.5, 0.6) is 0 Å². The van der Waals surface area contributed by atoms with Crippen molar-refractivity contribution in [2.75, 3.05) is 6.54 Å². The Labute approximate surface area is 145 Å². The quantitative estimate of drug-likeness (QED) is 0.878. The number of nitrogens with one attached hydrogen (secondary N) is 1. The highest BCUT2D eigenvalue weighted by Crippen LogP contribution is 2.26. The van der Waals surface area contributed by atoms with Gasteiger partial charge in [-0.05, 0) is 31.9 Å². The number of hydrogen-bond acceptors (Lipinski definition) is 5. The van der Waals surface area contributed by atoms with E-state index in [-0.39, 0.29) is 10.8 Å². The van der Waals surface area contributed by atoms with Gasteiger partial charge in [0.25, 0.3) is 0 Å².